The van der Waals surface area contributed by atoms with Crippen molar-refractivity contribution in [2.45, 2.75) is 40.2 Å². The molecule has 2 aromatic rings. The van der Waals surface area contributed by atoms with Gasteiger partial charge in [0.2, 0.25) is 0 Å². The van der Waals surface area contributed by atoms with Crippen LogP contribution >= 0.6 is 0 Å². The van der Waals surface area contributed by atoms with Gasteiger partial charge in [0.05, 0.1) is 16.6 Å². The molecule has 1 aromatic heterocycles. The normalized spacial score (nSPS) is 14.5. The van der Waals surface area contributed by atoms with Crippen molar-refractivity contribution in [2.75, 3.05) is 0 Å². The molecule has 0 aliphatic carbocycles. The highest BCUT2D eigenvalue weighted by molar-refractivity contribution is 5.92. The second kappa shape index (κ2) is 5.03. The number of carbonyl (C=O) groups is 1. The molecule has 2 unspecified atom stereocenters. The predicted octanol–water partition coefficient (Wildman–Crippen LogP) is 3.65. The Morgan fingerprint density at radius 2 is 2.11 bits per heavy atom. The molecule has 1 aromatic carbocycles. The SMILES string of the molecule is CCC(C)C(C)n1c(C)nc2cc(C(=O)O)ccc21. The summed E-state index contributed by atoms with van der Waals surface area (Å²) in [6.07, 6.45) is 1.10. The fourth-order valence-corrected chi connectivity index (χ4v) is 2.46. The molecule has 0 fully saturated rings. The molecule has 2 atom stereocenters. The molecular weight excluding hydrogens is 240 g/mol. The average molecular weight is 260 g/mol. The van der Waals surface area contributed by atoms with E-state index in [2.05, 4.69) is 30.3 Å². The van der Waals surface area contributed by atoms with E-state index in [9.17, 15) is 4.79 Å². The van der Waals surface area contributed by atoms with E-state index in [4.69, 9.17) is 5.11 Å². The fourth-order valence-electron chi connectivity index (χ4n) is 2.46. The van der Waals surface area contributed by atoms with Gasteiger partial charge in [0, 0.05) is 6.04 Å². The number of imidazole rings is 1. The first-order valence-corrected chi connectivity index (χ1v) is 6.67. The van der Waals surface area contributed by atoms with Crippen molar-refractivity contribution < 1.29 is 9.90 Å². The lowest BCUT2D eigenvalue weighted by molar-refractivity contribution is 0.0697. The lowest BCUT2D eigenvalue weighted by Crippen LogP contribution is -2.14. The van der Waals surface area contributed by atoms with Crippen molar-refractivity contribution in [3.05, 3.63) is 29.6 Å². The number of fused-ring (bicyclic) bond motifs is 1. The number of rotatable bonds is 4. The molecule has 0 bridgehead atoms. The van der Waals surface area contributed by atoms with Crippen LogP contribution in [0.15, 0.2) is 18.2 Å². The molecule has 0 amide bonds. The van der Waals surface area contributed by atoms with E-state index < -0.39 is 5.97 Å². The van der Waals surface area contributed by atoms with Crippen LogP contribution < -0.4 is 0 Å². The Kier molecular flexibility index (Phi) is 3.60. The van der Waals surface area contributed by atoms with Crippen molar-refractivity contribution in [3.8, 4) is 0 Å². The molecule has 0 saturated heterocycles. The topological polar surface area (TPSA) is 55.1 Å². The van der Waals surface area contributed by atoms with E-state index in [0.717, 1.165) is 23.3 Å². The highest BCUT2D eigenvalue weighted by atomic mass is 16.4. The van der Waals surface area contributed by atoms with Gasteiger partial charge in [0.15, 0.2) is 0 Å². The van der Waals surface area contributed by atoms with Gasteiger partial charge in [-0.25, -0.2) is 9.78 Å². The van der Waals surface area contributed by atoms with Crippen LogP contribution in [0.4, 0.5) is 0 Å². The maximum atomic E-state index is 11.0. The van der Waals surface area contributed by atoms with Crippen LogP contribution in [0.25, 0.3) is 11.0 Å². The van der Waals surface area contributed by atoms with Gasteiger partial charge in [-0.2, -0.15) is 0 Å². The molecule has 0 spiro atoms. The van der Waals surface area contributed by atoms with Gasteiger partial charge in [0.1, 0.15) is 5.82 Å². The number of carboxylic acids is 1. The minimum absolute atomic E-state index is 0.286. The summed E-state index contributed by atoms with van der Waals surface area (Å²) < 4.78 is 2.20. The Balaban J connectivity index is 2.56. The molecule has 4 heteroatoms. The summed E-state index contributed by atoms with van der Waals surface area (Å²) in [5.74, 6) is 0.574. The lowest BCUT2D eigenvalue weighted by Gasteiger charge is -2.22. The number of aromatic nitrogens is 2. The Morgan fingerprint density at radius 1 is 1.42 bits per heavy atom. The number of carboxylic acid groups (broad SMARTS) is 1. The molecule has 1 heterocycles. The summed E-state index contributed by atoms with van der Waals surface area (Å²) in [6, 6.07) is 5.50. The molecule has 102 valence electrons. The zero-order valence-corrected chi connectivity index (χ0v) is 11.8. The predicted molar refractivity (Wildman–Crippen MR) is 75.6 cm³/mol. The third-order valence-electron chi connectivity index (χ3n) is 3.99. The molecule has 1 N–H and O–H groups in total. The van der Waals surface area contributed by atoms with E-state index in [-0.39, 0.29) is 5.56 Å². The van der Waals surface area contributed by atoms with Gasteiger partial charge in [-0.3, -0.25) is 0 Å². The maximum absolute atomic E-state index is 11.0. The van der Waals surface area contributed by atoms with Crippen LogP contribution in [-0.2, 0) is 0 Å². The van der Waals surface area contributed by atoms with Crippen LogP contribution in [-0.4, -0.2) is 20.6 Å². The number of aromatic carboxylic acids is 1. The summed E-state index contributed by atoms with van der Waals surface area (Å²) in [5, 5.41) is 9.02. The van der Waals surface area contributed by atoms with Gasteiger partial charge in [0.25, 0.3) is 0 Å². The highest BCUT2D eigenvalue weighted by Gasteiger charge is 2.18. The minimum atomic E-state index is -0.913. The van der Waals surface area contributed by atoms with Gasteiger partial charge in [-0.05, 0) is 38.0 Å². The number of nitrogens with zero attached hydrogens (tertiary/aromatic N) is 2. The third-order valence-corrected chi connectivity index (χ3v) is 3.99. The maximum Gasteiger partial charge on any atom is 0.335 e. The lowest BCUT2D eigenvalue weighted by atomic mass is 10.0. The van der Waals surface area contributed by atoms with Crippen LogP contribution in [0.1, 0.15) is 49.4 Å². The third kappa shape index (κ3) is 2.35. The molecule has 0 saturated carbocycles. The monoisotopic (exact) mass is 260 g/mol. The summed E-state index contributed by atoms with van der Waals surface area (Å²) in [5.41, 5.74) is 2.05. The van der Waals surface area contributed by atoms with Crippen molar-refractivity contribution in [1.29, 1.82) is 0 Å². The van der Waals surface area contributed by atoms with Gasteiger partial charge in [-0.15, -0.1) is 0 Å². The highest BCUT2D eigenvalue weighted by Crippen LogP contribution is 2.27. The first kappa shape index (κ1) is 13.6. The largest absolute Gasteiger partial charge is 0.478 e. The molecule has 0 radical (unpaired) electrons. The van der Waals surface area contributed by atoms with Crippen LogP contribution in [0, 0.1) is 12.8 Å². The van der Waals surface area contributed by atoms with E-state index in [1.54, 1.807) is 12.1 Å². The fraction of sp³-hybridized carbons (Fsp3) is 0.467. The van der Waals surface area contributed by atoms with E-state index in [1.165, 1.54) is 0 Å². The first-order valence-electron chi connectivity index (χ1n) is 6.67. The van der Waals surface area contributed by atoms with E-state index >= 15 is 0 Å². The van der Waals surface area contributed by atoms with E-state index in [0.29, 0.717) is 12.0 Å². The quantitative estimate of drug-likeness (QED) is 0.912. The first-order chi connectivity index (χ1) is 8.95. The molecule has 0 aliphatic rings. The zero-order valence-electron chi connectivity index (χ0n) is 11.8. The number of benzene rings is 1. The van der Waals surface area contributed by atoms with Gasteiger partial charge >= 0.3 is 5.97 Å². The molecule has 4 nitrogen and oxygen atoms in total. The second-order valence-corrected chi connectivity index (χ2v) is 5.16. The standard InChI is InChI=1S/C15H20N2O2/c1-5-9(2)10(3)17-11(4)16-13-8-12(15(18)19)6-7-14(13)17/h6-10H,5H2,1-4H3,(H,18,19). The van der Waals surface area contributed by atoms with Crippen molar-refractivity contribution in [3.63, 3.8) is 0 Å². The number of hydrogen-bond donors (Lipinski definition) is 1. The van der Waals surface area contributed by atoms with Gasteiger partial charge in [-0.1, -0.05) is 20.3 Å². The summed E-state index contributed by atoms with van der Waals surface area (Å²) in [7, 11) is 0. The molecule has 19 heavy (non-hydrogen) atoms. The Hall–Kier alpha value is -1.84. The summed E-state index contributed by atoms with van der Waals surface area (Å²) in [6.45, 7) is 8.56. The van der Waals surface area contributed by atoms with Crippen LogP contribution in [0.3, 0.4) is 0 Å². The van der Waals surface area contributed by atoms with Crippen molar-refractivity contribution >= 4 is 17.0 Å². The summed E-state index contributed by atoms with van der Waals surface area (Å²) >= 11 is 0. The molecular formula is C15H20N2O2. The number of hydrogen-bond acceptors (Lipinski definition) is 2. The Labute approximate surface area is 113 Å². The molecule has 0 aliphatic heterocycles. The number of aryl methyl sites for hydroxylation is 1. The zero-order chi connectivity index (χ0) is 14.2. The van der Waals surface area contributed by atoms with Crippen molar-refractivity contribution in [2.24, 2.45) is 5.92 Å². The smallest absolute Gasteiger partial charge is 0.335 e. The minimum Gasteiger partial charge on any atom is -0.478 e. The van der Waals surface area contributed by atoms with E-state index in [1.807, 2.05) is 13.0 Å². The second-order valence-electron chi connectivity index (χ2n) is 5.16. The Bertz CT molecular complexity index is 616. The Morgan fingerprint density at radius 3 is 2.68 bits per heavy atom. The van der Waals surface area contributed by atoms with Crippen LogP contribution in [0.2, 0.25) is 0 Å². The summed E-state index contributed by atoms with van der Waals surface area (Å²) in [4.78, 5) is 15.5. The van der Waals surface area contributed by atoms with Gasteiger partial charge < -0.3 is 9.67 Å². The van der Waals surface area contributed by atoms with Crippen LogP contribution in [0.5, 0.6) is 0 Å². The molecule has 2 rings (SSSR count). The average Bonchev–Trinajstić information content (AvgIpc) is 2.71. The van der Waals surface area contributed by atoms with Crippen molar-refractivity contribution in [1.82, 2.24) is 9.55 Å².